The Morgan fingerprint density at radius 2 is 1.94 bits per heavy atom. The highest BCUT2D eigenvalue weighted by atomic mass is 79.9. The third kappa shape index (κ3) is 1.28. The van der Waals surface area contributed by atoms with Gasteiger partial charge in [-0.3, -0.25) is 0 Å². The van der Waals surface area contributed by atoms with E-state index in [4.69, 9.17) is 5.73 Å². The number of hydrogen-bond donors (Lipinski definition) is 1. The molecule has 0 atom stereocenters. The molecule has 2 aromatic carbocycles. The first-order valence-corrected chi connectivity index (χ1v) is 6.65. The van der Waals surface area contributed by atoms with E-state index in [2.05, 4.69) is 53.2 Å². The first-order valence-electron chi connectivity index (χ1n) is 5.04. The fourth-order valence-electron chi connectivity index (χ4n) is 1.99. The lowest BCUT2D eigenvalue weighted by atomic mass is 10.1. The largest absolute Gasteiger partial charge is 0.398 e. The van der Waals surface area contributed by atoms with E-state index in [9.17, 15) is 0 Å². The van der Waals surface area contributed by atoms with Crippen LogP contribution in [-0.2, 0) is 0 Å². The minimum absolute atomic E-state index is 0.846. The molecule has 0 aliphatic rings. The molecule has 3 heteroatoms. The van der Waals surface area contributed by atoms with Crippen molar-refractivity contribution in [2.24, 2.45) is 0 Å². The van der Waals surface area contributed by atoms with E-state index < -0.39 is 0 Å². The summed E-state index contributed by atoms with van der Waals surface area (Å²) in [4.78, 5) is 0. The number of thiophene rings is 1. The van der Waals surface area contributed by atoms with Gasteiger partial charge >= 0.3 is 0 Å². The molecule has 3 rings (SSSR count). The van der Waals surface area contributed by atoms with Crippen LogP contribution in [0, 0.1) is 6.92 Å². The monoisotopic (exact) mass is 291 g/mol. The Morgan fingerprint density at radius 1 is 1.19 bits per heavy atom. The molecule has 0 saturated heterocycles. The predicted octanol–water partition coefficient (Wildman–Crippen LogP) is 4.71. The Kier molecular flexibility index (Phi) is 2.19. The standard InChI is InChI=1S/C13H10BrNS/c1-7-12(15)10(14)6-9-8-4-2-3-5-11(8)16-13(7)9/h2-6H,15H2,1H3. The summed E-state index contributed by atoms with van der Waals surface area (Å²) in [5, 5.41) is 2.60. The Balaban J connectivity index is 2.60. The second-order valence-electron chi connectivity index (χ2n) is 3.87. The highest BCUT2D eigenvalue weighted by Gasteiger charge is 2.10. The molecule has 80 valence electrons. The highest BCUT2D eigenvalue weighted by Crippen LogP contribution is 2.40. The summed E-state index contributed by atoms with van der Waals surface area (Å²) in [5.41, 5.74) is 8.05. The van der Waals surface area contributed by atoms with Gasteiger partial charge in [-0.15, -0.1) is 11.3 Å². The molecule has 0 bridgehead atoms. The molecule has 0 aliphatic heterocycles. The molecule has 16 heavy (non-hydrogen) atoms. The van der Waals surface area contributed by atoms with Gasteiger partial charge in [0, 0.05) is 24.6 Å². The van der Waals surface area contributed by atoms with Crippen LogP contribution in [0.5, 0.6) is 0 Å². The zero-order valence-electron chi connectivity index (χ0n) is 8.75. The summed E-state index contributed by atoms with van der Waals surface area (Å²) in [6, 6.07) is 10.6. The number of hydrogen-bond acceptors (Lipinski definition) is 2. The van der Waals surface area contributed by atoms with Crippen LogP contribution in [0.2, 0.25) is 0 Å². The van der Waals surface area contributed by atoms with Gasteiger partial charge in [0.2, 0.25) is 0 Å². The van der Waals surface area contributed by atoms with Crippen molar-refractivity contribution in [1.29, 1.82) is 0 Å². The van der Waals surface area contributed by atoms with E-state index in [1.807, 2.05) is 11.3 Å². The van der Waals surface area contributed by atoms with Crippen molar-refractivity contribution < 1.29 is 0 Å². The third-order valence-electron chi connectivity index (χ3n) is 2.91. The van der Waals surface area contributed by atoms with E-state index >= 15 is 0 Å². The predicted molar refractivity (Wildman–Crippen MR) is 76.2 cm³/mol. The number of anilines is 1. The second-order valence-corrected chi connectivity index (χ2v) is 5.78. The second kappa shape index (κ2) is 3.47. The summed E-state index contributed by atoms with van der Waals surface area (Å²) in [5.74, 6) is 0. The zero-order valence-corrected chi connectivity index (χ0v) is 11.2. The molecule has 0 aliphatic carbocycles. The maximum Gasteiger partial charge on any atom is 0.0502 e. The number of benzene rings is 2. The molecular weight excluding hydrogens is 282 g/mol. The van der Waals surface area contributed by atoms with E-state index in [1.54, 1.807) is 0 Å². The number of aryl methyl sites for hydroxylation is 1. The van der Waals surface area contributed by atoms with Gasteiger partial charge in [-0.05, 0) is 40.5 Å². The molecule has 0 amide bonds. The zero-order chi connectivity index (χ0) is 11.3. The molecule has 0 fully saturated rings. The number of nitrogen functional groups attached to an aromatic ring is 1. The van der Waals surface area contributed by atoms with Crippen LogP contribution in [0.25, 0.3) is 20.2 Å². The maximum atomic E-state index is 6.03. The Bertz CT molecular complexity index is 700. The summed E-state index contributed by atoms with van der Waals surface area (Å²) in [6.45, 7) is 2.08. The van der Waals surface area contributed by atoms with Crippen molar-refractivity contribution in [2.45, 2.75) is 6.92 Å². The van der Waals surface area contributed by atoms with Crippen LogP contribution < -0.4 is 5.73 Å². The topological polar surface area (TPSA) is 26.0 Å². The first kappa shape index (κ1) is 10.1. The number of fused-ring (bicyclic) bond motifs is 3. The van der Waals surface area contributed by atoms with Crippen molar-refractivity contribution in [3.63, 3.8) is 0 Å². The molecule has 3 aromatic rings. The quantitative estimate of drug-likeness (QED) is 0.597. The average Bonchev–Trinajstić information content (AvgIpc) is 2.65. The minimum Gasteiger partial charge on any atom is -0.398 e. The highest BCUT2D eigenvalue weighted by molar-refractivity contribution is 9.10. The summed E-state index contributed by atoms with van der Waals surface area (Å²) < 4.78 is 3.60. The van der Waals surface area contributed by atoms with Gasteiger partial charge in [0.15, 0.2) is 0 Å². The SMILES string of the molecule is Cc1c(N)c(Br)cc2c1sc1ccccc12. The fourth-order valence-corrected chi connectivity index (χ4v) is 3.72. The molecule has 2 N–H and O–H groups in total. The van der Waals surface area contributed by atoms with Crippen LogP contribution in [0.3, 0.4) is 0 Å². The lowest BCUT2D eigenvalue weighted by molar-refractivity contribution is 1.53. The van der Waals surface area contributed by atoms with Crippen molar-refractivity contribution in [3.8, 4) is 0 Å². The van der Waals surface area contributed by atoms with Gasteiger partial charge in [0.25, 0.3) is 0 Å². The molecule has 0 radical (unpaired) electrons. The van der Waals surface area contributed by atoms with E-state index in [0.29, 0.717) is 0 Å². The van der Waals surface area contributed by atoms with E-state index in [-0.39, 0.29) is 0 Å². The summed E-state index contributed by atoms with van der Waals surface area (Å²) in [6.07, 6.45) is 0. The van der Waals surface area contributed by atoms with E-state index in [0.717, 1.165) is 10.2 Å². The number of halogens is 1. The third-order valence-corrected chi connectivity index (χ3v) is 4.87. The van der Waals surface area contributed by atoms with Gasteiger partial charge in [-0.25, -0.2) is 0 Å². The first-order chi connectivity index (χ1) is 7.68. The van der Waals surface area contributed by atoms with Gasteiger partial charge in [0.1, 0.15) is 0 Å². The molecule has 0 spiro atoms. The van der Waals surface area contributed by atoms with Crippen molar-refractivity contribution in [2.75, 3.05) is 5.73 Å². The van der Waals surface area contributed by atoms with Crippen molar-refractivity contribution >= 4 is 53.1 Å². The van der Waals surface area contributed by atoms with Gasteiger partial charge in [0.05, 0.1) is 5.69 Å². The molecule has 0 unspecified atom stereocenters. The molecule has 1 heterocycles. The fraction of sp³-hybridized carbons (Fsp3) is 0.0769. The van der Waals surface area contributed by atoms with Gasteiger partial charge < -0.3 is 5.73 Å². The number of nitrogens with two attached hydrogens (primary N) is 1. The molecular formula is C13H10BrNS. The van der Waals surface area contributed by atoms with Gasteiger partial charge in [-0.2, -0.15) is 0 Å². The van der Waals surface area contributed by atoms with Crippen molar-refractivity contribution in [1.82, 2.24) is 0 Å². The normalized spacial score (nSPS) is 11.4. The number of rotatable bonds is 0. The molecule has 1 nitrogen and oxygen atoms in total. The Morgan fingerprint density at radius 3 is 2.75 bits per heavy atom. The Labute approximate surface area is 106 Å². The Hall–Kier alpha value is -1.06. The van der Waals surface area contributed by atoms with Crippen LogP contribution in [0.1, 0.15) is 5.56 Å². The van der Waals surface area contributed by atoms with E-state index in [1.165, 1.54) is 25.7 Å². The van der Waals surface area contributed by atoms with Crippen LogP contribution in [0.15, 0.2) is 34.8 Å². The lowest BCUT2D eigenvalue weighted by Crippen LogP contribution is -1.90. The molecule has 1 aromatic heterocycles. The van der Waals surface area contributed by atoms with Crippen LogP contribution in [0.4, 0.5) is 5.69 Å². The van der Waals surface area contributed by atoms with Gasteiger partial charge in [-0.1, -0.05) is 18.2 Å². The van der Waals surface area contributed by atoms with Crippen LogP contribution >= 0.6 is 27.3 Å². The maximum absolute atomic E-state index is 6.03. The lowest BCUT2D eigenvalue weighted by Gasteiger charge is -2.04. The summed E-state index contributed by atoms with van der Waals surface area (Å²) in [7, 11) is 0. The molecule has 0 saturated carbocycles. The minimum atomic E-state index is 0.846. The smallest absolute Gasteiger partial charge is 0.0502 e. The van der Waals surface area contributed by atoms with Crippen LogP contribution in [-0.4, -0.2) is 0 Å². The van der Waals surface area contributed by atoms with Crippen molar-refractivity contribution in [3.05, 3.63) is 40.4 Å². The average molecular weight is 292 g/mol. The summed E-state index contributed by atoms with van der Waals surface area (Å²) >= 11 is 5.33.